The van der Waals surface area contributed by atoms with E-state index in [1.54, 1.807) is 11.7 Å². The molecule has 1 amide bonds. The highest BCUT2D eigenvalue weighted by Gasteiger charge is 2.19. The van der Waals surface area contributed by atoms with E-state index in [-0.39, 0.29) is 22.8 Å². The fourth-order valence-electron chi connectivity index (χ4n) is 2.38. The highest BCUT2D eigenvalue weighted by Crippen LogP contribution is 2.28. The number of rotatable bonds is 6. The van der Waals surface area contributed by atoms with Gasteiger partial charge in [0.25, 0.3) is 5.56 Å². The molecule has 0 aliphatic rings. The van der Waals surface area contributed by atoms with E-state index in [1.165, 1.54) is 23.1 Å². The van der Waals surface area contributed by atoms with Crippen LogP contribution in [0.2, 0.25) is 0 Å². The van der Waals surface area contributed by atoms with Crippen LogP contribution in [0, 0.1) is 13.8 Å². The Balaban J connectivity index is 2.37. The van der Waals surface area contributed by atoms with E-state index >= 15 is 0 Å². The van der Waals surface area contributed by atoms with Gasteiger partial charge in [-0.1, -0.05) is 11.8 Å². The number of hydrogen-bond acceptors (Lipinski definition) is 6. The SMILES string of the molecule is COCCn1c(SCC(=O)NC(C)(C)C)nc2sc(C)c(C)c2c1=O. The third kappa shape index (κ3) is 4.83. The number of carbonyl (C=O) groups excluding carboxylic acids is 1. The summed E-state index contributed by atoms with van der Waals surface area (Å²) in [6.45, 7) is 10.6. The number of aryl methyl sites for hydroxylation is 2. The van der Waals surface area contributed by atoms with Crippen LogP contribution in [0.1, 0.15) is 31.2 Å². The van der Waals surface area contributed by atoms with Crippen molar-refractivity contribution in [2.45, 2.75) is 51.9 Å². The topological polar surface area (TPSA) is 73.2 Å². The summed E-state index contributed by atoms with van der Waals surface area (Å²) < 4.78 is 6.73. The molecule has 0 spiro atoms. The molecule has 138 valence electrons. The lowest BCUT2D eigenvalue weighted by Crippen LogP contribution is -2.41. The molecule has 0 saturated heterocycles. The quantitative estimate of drug-likeness (QED) is 0.613. The monoisotopic (exact) mass is 383 g/mol. The zero-order chi connectivity index (χ0) is 18.8. The molecular formula is C17H25N3O3S2. The van der Waals surface area contributed by atoms with Gasteiger partial charge in [0.15, 0.2) is 5.16 Å². The fraction of sp³-hybridized carbons (Fsp3) is 0.588. The largest absolute Gasteiger partial charge is 0.383 e. The molecule has 8 heteroatoms. The smallest absolute Gasteiger partial charge is 0.263 e. The second-order valence-corrected chi connectivity index (χ2v) is 9.04. The van der Waals surface area contributed by atoms with Crippen molar-refractivity contribution in [3.05, 3.63) is 20.8 Å². The molecule has 25 heavy (non-hydrogen) atoms. The number of nitrogens with zero attached hydrogens (tertiary/aromatic N) is 2. The Bertz CT molecular complexity index is 834. The van der Waals surface area contributed by atoms with Crippen LogP contribution in [0.15, 0.2) is 9.95 Å². The molecule has 6 nitrogen and oxygen atoms in total. The third-order valence-electron chi connectivity index (χ3n) is 3.62. The van der Waals surface area contributed by atoms with Crippen molar-refractivity contribution < 1.29 is 9.53 Å². The average molecular weight is 384 g/mol. The van der Waals surface area contributed by atoms with Crippen LogP contribution in [0.25, 0.3) is 10.2 Å². The first kappa shape index (κ1) is 19.9. The molecule has 0 fully saturated rings. The number of amides is 1. The molecule has 0 radical (unpaired) electrons. The van der Waals surface area contributed by atoms with E-state index in [4.69, 9.17) is 4.74 Å². The number of thiophene rings is 1. The van der Waals surface area contributed by atoms with Crippen molar-refractivity contribution in [3.63, 3.8) is 0 Å². The normalized spacial score (nSPS) is 11.9. The number of methoxy groups -OCH3 is 1. The lowest BCUT2D eigenvalue weighted by molar-refractivity contribution is -0.119. The predicted molar refractivity (Wildman–Crippen MR) is 104 cm³/mol. The van der Waals surface area contributed by atoms with Gasteiger partial charge in [-0.2, -0.15) is 0 Å². The second kappa shape index (κ2) is 7.88. The Kier molecular flexibility index (Phi) is 6.29. The van der Waals surface area contributed by atoms with Gasteiger partial charge in [-0.25, -0.2) is 4.98 Å². The van der Waals surface area contributed by atoms with Crippen molar-refractivity contribution in [1.29, 1.82) is 0 Å². The van der Waals surface area contributed by atoms with Crippen LogP contribution in [0.3, 0.4) is 0 Å². The van der Waals surface area contributed by atoms with Gasteiger partial charge in [0.05, 0.1) is 24.3 Å². The highest BCUT2D eigenvalue weighted by atomic mass is 32.2. The number of hydrogen-bond donors (Lipinski definition) is 1. The van der Waals surface area contributed by atoms with Crippen LogP contribution in [-0.2, 0) is 16.1 Å². The number of carbonyl (C=O) groups is 1. The Morgan fingerprint density at radius 2 is 2.04 bits per heavy atom. The van der Waals surface area contributed by atoms with Gasteiger partial charge >= 0.3 is 0 Å². The first-order chi connectivity index (χ1) is 11.6. The van der Waals surface area contributed by atoms with Gasteiger partial charge in [0, 0.05) is 17.5 Å². The number of fused-ring (bicyclic) bond motifs is 1. The summed E-state index contributed by atoms with van der Waals surface area (Å²) in [6, 6.07) is 0. The van der Waals surface area contributed by atoms with Gasteiger partial charge in [-0.15, -0.1) is 11.3 Å². The van der Waals surface area contributed by atoms with Crippen LogP contribution in [0.4, 0.5) is 0 Å². The third-order valence-corrected chi connectivity index (χ3v) is 5.70. The molecule has 0 aliphatic heterocycles. The minimum Gasteiger partial charge on any atom is -0.383 e. The summed E-state index contributed by atoms with van der Waals surface area (Å²) in [6.07, 6.45) is 0. The lowest BCUT2D eigenvalue weighted by Gasteiger charge is -2.20. The van der Waals surface area contributed by atoms with Crippen LogP contribution >= 0.6 is 23.1 Å². The molecule has 0 aliphatic carbocycles. The van der Waals surface area contributed by atoms with E-state index in [9.17, 15) is 9.59 Å². The summed E-state index contributed by atoms with van der Waals surface area (Å²) in [5.41, 5.74) is 0.625. The molecule has 0 saturated carbocycles. The standard InChI is InChI=1S/C17H25N3O3S2/c1-10-11(2)25-14-13(10)15(22)20(7-8-23-6)16(18-14)24-9-12(21)19-17(3,4)5/h7-9H2,1-6H3,(H,19,21). The molecule has 2 rings (SSSR count). The van der Waals surface area contributed by atoms with E-state index in [2.05, 4.69) is 10.3 Å². The van der Waals surface area contributed by atoms with Gasteiger partial charge in [-0.05, 0) is 40.2 Å². The maximum atomic E-state index is 12.9. The van der Waals surface area contributed by atoms with E-state index in [0.717, 1.165) is 15.3 Å². The summed E-state index contributed by atoms with van der Waals surface area (Å²) in [7, 11) is 1.60. The Morgan fingerprint density at radius 3 is 2.64 bits per heavy atom. The minimum absolute atomic E-state index is 0.0670. The van der Waals surface area contributed by atoms with Crippen molar-refractivity contribution in [2.24, 2.45) is 0 Å². The van der Waals surface area contributed by atoms with Crippen LogP contribution in [0.5, 0.6) is 0 Å². The lowest BCUT2D eigenvalue weighted by atomic mass is 10.1. The molecule has 0 unspecified atom stereocenters. The number of aromatic nitrogens is 2. The zero-order valence-corrected chi connectivity index (χ0v) is 17.2. The van der Waals surface area contributed by atoms with E-state index in [1.807, 2.05) is 34.6 Å². The maximum absolute atomic E-state index is 12.9. The number of thioether (sulfide) groups is 1. The van der Waals surface area contributed by atoms with Crippen LogP contribution < -0.4 is 10.9 Å². The molecule has 2 aromatic heterocycles. The Hall–Kier alpha value is -1.38. The van der Waals surface area contributed by atoms with Crippen LogP contribution in [-0.4, -0.2) is 40.5 Å². The summed E-state index contributed by atoms with van der Waals surface area (Å²) >= 11 is 2.80. The fourth-order valence-corrected chi connectivity index (χ4v) is 4.28. The minimum atomic E-state index is -0.285. The second-order valence-electron chi connectivity index (χ2n) is 6.89. The summed E-state index contributed by atoms with van der Waals surface area (Å²) in [4.78, 5) is 31.5. The first-order valence-corrected chi connectivity index (χ1v) is 9.87. The van der Waals surface area contributed by atoms with Crippen molar-refractivity contribution in [2.75, 3.05) is 19.5 Å². The molecule has 2 heterocycles. The molecular weight excluding hydrogens is 358 g/mol. The Morgan fingerprint density at radius 1 is 1.36 bits per heavy atom. The molecule has 2 aromatic rings. The van der Waals surface area contributed by atoms with Crippen molar-refractivity contribution in [3.8, 4) is 0 Å². The summed E-state index contributed by atoms with van der Waals surface area (Å²) in [5, 5.41) is 4.14. The maximum Gasteiger partial charge on any atom is 0.263 e. The summed E-state index contributed by atoms with van der Waals surface area (Å²) in [5.74, 6) is 0.134. The van der Waals surface area contributed by atoms with Crippen molar-refractivity contribution >= 4 is 39.2 Å². The van der Waals surface area contributed by atoms with Gasteiger partial charge in [0.1, 0.15) is 4.83 Å². The number of nitrogens with one attached hydrogen (secondary N) is 1. The average Bonchev–Trinajstić information content (AvgIpc) is 2.77. The van der Waals surface area contributed by atoms with E-state index in [0.29, 0.717) is 23.7 Å². The van der Waals surface area contributed by atoms with Crippen molar-refractivity contribution in [1.82, 2.24) is 14.9 Å². The highest BCUT2D eigenvalue weighted by molar-refractivity contribution is 7.99. The van der Waals surface area contributed by atoms with Gasteiger partial charge in [-0.3, -0.25) is 14.2 Å². The molecule has 0 aromatic carbocycles. The molecule has 1 N–H and O–H groups in total. The van der Waals surface area contributed by atoms with Gasteiger partial charge < -0.3 is 10.1 Å². The van der Waals surface area contributed by atoms with E-state index < -0.39 is 0 Å². The Labute approximate surface area is 156 Å². The zero-order valence-electron chi connectivity index (χ0n) is 15.6. The molecule has 0 atom stereocenters. The first-order valence-electron chi connectivity index (χ1n) is 8.07. The molecule has 0 bridgehead atoms. The number of ether oxygens (including phenoxy) is 1. The van der Waals surface area contributed by atoms with Gasteiger partial charge in [0.2, 0.25) is 5.91 Å². The predicted octanol–water partition coefficient (Wildman–Crippen LogP) is 2.73.